The second kappa shape index (κ2) is 10.3. The number of esters is 1. The number of rotatable bonds is 8. The zero-order valence-electron chi connectivity index (χ0n) is 14.7. The lowest BCUT2D eigenvalue weighted by Crippen LogP contribution is -2.18. The van der Waals surface area contributed by atoms with Gasteiger partial charge in [-0.05, 0) is 55.5 Å². The van der Waals surface area contributed by atoms with Crippen LogP contribution in [0.1, 0.15) is 17.3 Å². The summed E-state index contributed by atoms with van der Waals surface area (Å²) in [6.45, 7) is 2.02. The molecule has 8 heteroatoms. The van der Waals surface area contributed by atoms with E-state index < -0.39 is 5.97 Å². The third kappa shape index (κ3) is 7.10. The maximum absolute atomic E-state index is 12.8. The molecule has 0 aliphatic heterocycles. The highest BCUT2D eigenvalue weighted by Crippen LogP contribution is 2.12. The van der Waals surface area contributed by atoms with E-state index in [-0.39, 0.29) is 29.1 Å². The minimum absolute atomic E-state index is 0.0899. The smallest absolute Gasteiger partial charge is 0.338 e. The van der Waals surface area contributed by atoms with Crippen LogP contribution in [0.5, 0.6) is 0 Å². The van der Waals surface area contributed by atoms with E-state index in [0.717, 1.165) is 11.8 Å². The number of hydrogen-bond acceptors (Lipinski definition) is 5. The number of thioether (sulfide) groups is 1. The minimum Gasteiger partial charge on any atom is -0.462 e. The standard InChI is InChI=1S/C19H19FN2O4S/c1-2-26-19(25)13-3-7-15(8-4-13)21-17(23)11-27-12-18(24)22-16-9-5-14(20)6-10-16/h3-10H,2,11-12H2,1H3,(H,21,23)(H,22,24). The van der Waals surface area contributed by atoms with Crippen LogP contribution in [0.15, 0.2) is 48.5 Å². The van der Waals surface area contributed by atoms with Gasteiger partial charge in [0, 0.05) is 11.4 Å². The van der Waals surface area contributed by atoms with E-state index in [0.29, 0.717) is 23.5 Å². The molecule has 0 saturated heterocycles. The van der Waals surface area contributed by atoms with Crippen molar-refractivity contribution >= 4 is 40.9 Å². The molecule has 0 heterocycles. The Balaban J connectivity index is 1.71. The topological polar surface area (TPSA) is 84.5 Å². The summed E-state index contributed by atoms with van der Waals surface area (Å²) < 4.78 is 17.7. The molecule has 27 heavy (non-hydrogen) atoms. The molecular formula is C19H19FN2O4S. The van der Waals surface area contributed by atoms with Crippen molar-refractivity contribution in [3.63, 3.8) is 0 Å². The molecule has 0 unspecified atom stereocenters. The van der Waals surface area contributed by atoms with E-state index in [1.807, 2.05) is 0 Å². The zero-order chi connectivity index (χ0) is 19.6. The van der Waals surface area contributed by atoms with Gasteiger partial charge in [0.05, 0.1) is 23.7 Å². The third-order valence-electron chi connectivity index (χ3n) is 3.27. The molecule has 2 aromatic carbocycles. The molecule has 0 saturated carbocycles. The van der Waals surface area contributed by atoms with Crippen molar-refractivity contribution in [1.82, 2.24) is 0 Å². The monoisotopic (exact) mass is 390 g/mol. The van der Waals surface area contributed by atoms with Crippen molar-refractivity contribution in [2.24, 2.45) is 0 Å². The molecule has 0 aliphatic carbocycles. The summed E-state index contributed by atoms with van der Waals surface area (Å²) in [5, 5.41) is 5.30. The Kier molecular flexibility index (Phi) is 7.81. The number of nitrogens with one attached hydrogen (secondary N) is 2. The van der Waals surface area contributed by atoms with Crippen molar-refractivity contribution in [3.05, 3.63) is 59.9 Å². The van der Waals surface area contributed by atoms with E-state index in [9.17, 15) is 18.8 Å². The van der Waals surface area contributed by atoms with E-state index in [1.165, 1.54) is 24.3 Å². The summed E-state index contributed by atoms with van der Waals surface area (Å²) >= 11 is 1.15. The summed E-state index contributed by atoms with van der Waals surface area (Å²) in [7, 11) is 0. The molecule has 0 aromatic heterocycles. The fourth-order valence-electron chi connectivity index (χ4n) is 2.07. The average molecular weight is 390 g/mol. The molecule has 142 valence electrons. The van der Waals surface area contributed by atoms with Gasteiger partial charge in [-0.2, -0.15) is 0 Å². The molecule has 0 radical (unpaired) electrons. The quantitative estimate of drug-likeness (QED) is 0.676. The molecular weight excluding hydrogens is 371 g/mol. The first-order chi connectivity index (χ1) is 13.0. The first-order valence-electron chi connectivity index (χ1n) is 8.18. The maximum Gasteiger partial charge on any atom is 0.338 e. The molecule has 2 aromatic rings. The number of amides is 2. The number of hydrogen-bond donors (Lipinski definition) is 2. The lowest BCUT2D eigenvalue weighted by Gasteiger charge is -2.07. The lowest BCUT2D eigenvalue weighted by molar-refractivity contribution is -0.114. The van der Waals surface area contributed by atoms with Gasteiger partial charge >= 0.3 is 5.97 Å². The van der Waals surface area contributed by atoms with Gasteiger partial charge < -0.3 is 15.4 Å². The number of halogens is 1. The Labute approximate surface area is 160 Å². The van der Waals surface area contributed by atoms with E-state index in [1.54, 1.807) is 31.2 Å². The highest BCUT2D eigenvalue weighted by Gasteiger charge is 2.09. The normalized spacial score (nSPS) is 10.1. The van der Waals surface area contributed by atoms with Gasteiger partial charge in [0.25, 0.3) is 0 Å². The fraction of sp³-hybridized carbons (Fsp3) is 0.211. The van der Waals surface area contributed by atoms with Crippen LogP contribution in [0.3, 0.4) is 0 Å². The van der Waals surface area contributed by atoms with Crippen LogP contribution in [0.2, 0.25) is 0 Å². The van der Waals surface area contributed by atoms with Crippen LogP contribution in [0.4, 0.5) is 15.8 Å². The van der Waals surface area contributed by atoms with Crippen LogP contribution in [0, 0.1) is 5.82 Å². The van der Waals surface area contributed by atoms with E-state index in [2.05, 4.69) is 10.6 Å². The van der Waals surface area contributed by atoms with Gasteiger partial charge in [0.15, 0.2) is 0 Å². The Bertz CT molecular complexity index is 794. The molecule has 2 rings (SSSR count). The second-order valence-electron chi connectivity index (χ2n) is 5.39. The molecule has 0 spiro atoms. The third-order valence-corrected chi connectivity index (χ3v) is 4.21. The lowest BCUT2D eigenvalue weighted by atomic mass is 10.2. The average Bonchev–Trinajstić information content (AvgIpc) is 2.64. The first kappa shape index (κ1) is 20.4. The van der Waals surface area contributed by atoms with Gasteiger partial charge in [0.1, 0.15) is 5.82 Å². The summed E-state index contributed by atoms with van der Waals surface area (Å²) in [4.78, 5) is 35.3. The zero-order valence-corrected chi connectivity index (χ0v) is 15.5. The van der Waals surface area contributed by atoms with Gasteiger partial charge in [-0.25, -0.2) is 9.18 Å². The van der Waals surface area contributed by atoms with Gasteiger partial charge in [-0.1, -0.05) is 0 Å². The number of carbonyl (C=O) groups is 3. The van der Waals surface area contributed by atoms with Crippen molar-refractivity contribution in [1.29, 1.82) is 0 Å². The van der Waals surface area contributed by atoms with Crippen LogP contribution in [0.25, 0.3) is 0 Å². The summed E-state index contributed by atoms with van der Waals surface area (Å²) in [6.07, 6.45) is 0. The molecule has 0 aliphatic rings. The van der Waals surface area contributed by atoms with Gasteiger partial charge in [-0.15, -0.1) is 11.8 Å². The predicted molar refractivity (Wildman–Crippen MR) is 103 cm³/mol. The summed E-state index contributed by atoms with van der Waals surface area (Å²) in [5.74, 6) is -1.16. The van der Waals surface area contributed by atoms with Gasteiger partial charge in [-0.3, -0.25) is 9.59 Å². The molecule has 2 N–H and O–H groups in total. The van der Waals surface area contributed by atoms with Gasteiger partial charge in [0.2, 0.25) is 11.8 Å². The van der Waals surface area contributed by atoms with Crippen LogP contribution >= 0.6 is 11.8 Å². The highest BCUT2D eigenvalue weighted by molar-refractivity contribution is 8.00. The van der Waals surface area contributed by atoms with Crippen molar-refractivity contribution in [3.8, 4) is 0 Å². The molecule has 0 bridgehead atoms. The predicted octanol–water partition coefficient (Wildman–Crippen LogP) is 3.31. The van der Waals surface area contributed by atoms with Crippen LogP contribution in [-0.2, 0) is 14.3 Å². The Morgan fingerprint density at radius 3 is 1.85 bits per heavy atom. The first-order valence-corrected chi connectivity index (χ1v) is 9.33. The largest absolute Gasteiger partial charge is 0.462 e. The number of ether oxygens (including phenoxy) is 1. The number of anilines is 2. The number of benzene rings is 2. The molecule has 6 nitrogen and oxygen atoms in total. The summed E-state index contributed by atoms with van der Waals surface area (Å²) in [6, 6.07) is 11.8. The Morgan fingerprint density at radius 2 is 1.37 bits per heavy atom. The molecule has 2 amide bonds. The SMILES string of the molecule is CCOC(=O)c1ccc(NC(=O)CSCC(=O)Nc2ccc(F)cc2)cc1. The maximum atomic E-state index is 12.8. The minimum atomic E-state index is -0.418. The fourth-order valence-corrected chi connectivity index (χ4v) is 2.69. The van der Waals surface area contributed by atoms with Crippen molar-refractivity contribution in [2.75, 3.05) is 28.7 Å². The van der Waals surface area contributed by atoms with Crippen LogP contribution < -0.4 is 10.6 Å². The Hall–Kier alpha value is -2.87. The molecule has 0 atom stereocenters. The highest BCUT2D eigenvalue weighted by atomic mass is 32.2. The van der Waals surface area contributed by atoms with Crippen LogP contribution in [-0.4, -0.2) is 35.9 Å². The summed E-state index contributed by atoms with van der Waals surface area (Å²) in [5.41, 5.74) is 1.44. The number of carbonyl (C=O) groups excluding carboxylic acids is 3. The van der Waals surface area contributed by atoms with E-state index >= 15 is 0 Å². The van der Waals surface area contributed by atoms with E-state index in [4.69, 9.17) is 4.74 Å². The Morgan fingerprint density at radius 1 is 0.889 bits per heavy atom. The van der Waals surface area contributed by atoms with Crippen molar-refractivity contribution < 1.29 is 23.5 Å². The van der Waals surface area contributed by atoms with Crippen molar-refractivity contribution in [2.45, 2.75) is 6.92 Å². The second-order valence-corrected chi connectivity index (χ2v) is 6.38. The molecule has 0 fully saturated rings.